The third-order valence-corrected chi connectivity index (χ3v) is 7.95. The number of rotatable bonds is 0. The van der Waals surface area contributed by atoms with Crippen molar-refractivity contribution in [3.05, 3.63) is 101 Å². The zero-order valence-electron chi connectivity index (χ0n) is 15.4. The van der Waals surface area contributed by atoms with E-state index >= 15 is 0 Å². The Bertz CT molecular complexity index is 1070. The Balaban J connectivity index is 1.75. The number of hydrogen-bond donors (Lipinski definition) is 0. The van der Waals surface area contributed by atoms with E-state index < -0.39 is 0 Å². The molecule has 0 bridgehead atoms. The number of alkyl halides is 2. The molecule has 4 aliphatic carbocycles. The second-order valence-corrected chi connectivity index (χ2v) is 9.69. The van der Waals surface area contributed by atoms with Crippen LogP contribution in [0.15, 0.2) is 89.5 Å². The lowest BCUT2D eigenvalue weighted by Crippen LogP contribution is -2.44. The summed E-state index contributed by atoms with van der Waals surface area (Å²) in [5.41, 5.74) is 6.44. The Kier molecular flexibility index (Phi) is 3.74. The first-order valence-electron chi connectivity index (χ1n) is 9.98. The van der Waals surface area contributed by atoms with Crippen molar-refractivity contribution < 1.29 is 4.74 Å². The van der Waals surface area contributed by atoms with Crippen molar-refractivity contribution >= 4 is 33.1 Å². The molecule has 0 aromatic heterocycles. The summed E-state index contributed by atoms with van der Waals surface area (Å²) < 4.78 is 6.53. The fourth-order valence-corrected chi connectivity index (χ4v) is 6.63. The third kappa shape index (κ3) is 2.03. The highest BCUT2D eigenvalue weighted by atomic mass is 79.9. The average Bonchev–Trinajstić information content (AvgIpc) is 3.02. The summed E-state index contributed by atoms with van der Waals surface area (Å²) >= 11 is 10.8. The minimum Gasteiger partial charge on any atom is -0.464 e. The highest BCUT2D eigenvalue weighted by molar-refractivity contribution is 9.09. The van der Waals surface area contributed by atoms with Crippen molar-refractivity contribution in [3.8, 4) is 0 Å². The maximum absolute atomic E-state index is 6.91. The van der Waals surface area contributed by atoms with Gasteiger partial charge in [0.2, 0.25) is 0 Å². The molecule has 140 valence electrons. The summed E-state index contributed by atoms with van der Waals surface area (Å²) in [6, 6.07) is 8.87. The summed E-state index contributed by atoms with van der Waals surface area (Å²) in [5, 5.41) is 0.0197. The first kappa shape index (κ1) is 17.1. The van der Waals surface area contributed by atoms with Gasteiger partial charge in [0.05, 0.1) is 15.6 Å². The van der Waals surface area contributed by atoms with Crippen LogP contribution in [0, 0.1) is 5.92 Å². The minimum atomic E-state index is -0.233. The molecule has 0 N–H and O–H groups in total. The molecule has 4 atom stereocenters. The van der Waals surface area contributed by atoms with Crippen LogP contribution in [0.4, 0.5) is 0 Å². The van der Waals surface area contributed by atoms with Crippen LogP contribution < -0.4 is 0 Å². The zero-order chi connectivity index (χ0) is 18.9. The molecule has 6 rings (SSSR count). The van der Waals surface area contributed by atoms with E-state index in [0.29, 0.717) is 0 Å². The van der Waals surface area contributed by atoms with Crippen molar-refractivity contribution in [1.82, 2.24) is 0 Å². The number of allylic oxidation sites excluding steroid dienone is 12. The molecule has 0 fully saturated rings. The molecule has 3 heteroatoms. The van der Waals surface area contributed by atoms with Crippen LogP contribution in [0.1, 0.15) is 30.4 Å². The Labute approximate surface area is 178 Å². The summed E-state index contributed by atoms with van der Waals surface area (Å²) in [6.07, 6.45) is 18.5. The lowest BCUT2D eigenvalue weighted by Gasteiger charge is -2.48. The monoisotopic (exact) mass is 450 g/mol. The predicted molar refractivity (Wildman–Crippen MR) is 118 cm³/mol. The van der Waals surface area contributed by atoms with Gasteiger partial charge in [0.25, 0.3) is 0 Å². The fourth-order valence-electron chi connectivity index (χ4n) is 5.74. The molecule has 1 nitrogen and oxygen atoms in total. The van der Waals surface area contributed by atoms with Crippen LogP contribution in [0.25, 0.3) is 5.57 Å². The number of benzene rings is 1. The molecule has 0 amide bonds. The van der Waals surface area contributed by atoms with Gasteiger partial charge < -0.3 is 4.74 Å². The standard InChI is InChI=1S/C25H20BrClO/c26-20-12-5-11-19-24(20)28-22-14-4-3-9-17(22)25(19)16-8-2-1-7-15(16)23-18(25)10-6-13-21(23)27/h1-8,10-11,14,17,20-21H,9,12-13H2. The molecule has 28 heavy (non-hydrogen) atoms. The van der Waals surface area contributed by atoms with Gasteiger partial charge in [-0.1, -0.05) is 76.7 Å². The van der Waals surface area contributed by atoms with Gasteiger partial charge >= 0.3 is 0 Å². The van der Waals surface area contributed by atoms with Gasteiger partial charge in [-0.15, -0.1) is 11.6 Å². The van der Waals surface area contributed by atoms with Crippen molar-refractivity contribution in [2.24, 2.45) is 5.92 Å². The predicted octanol–water partition coefficient (Wildman–Crippen LogP) is 6.73. The molecule has 0 saturated carbocycles. The van der Waals surface area contributed by atoms with Crippen molar-refractivity contribution in [2.45, 2.75) is 34.9 Å². The van der Waals surface area contributed by atoms with Gasteiger partial charge in [0, 0.05) is 11.5 Å². The molecule has 1 aliphatic heterocycles. The van der Waals surface area contributed by atoms with E-state index in [-0.39, 0.29) is 21.5 Å². The summed E-state index contributed by atoms with van der Waals surface area (Å²) in [6.45, 7) is 0. The molecule has 1 heterocycles. The Morgan fingerprint density at radius 3 is 2.75 bits per heavy atom. The molecule has 0 radical (unpaired) electrons. The van der Waals surface area contributed by atoms with Crippen LogP contribution in [-0.2, 0) is 10.2 Å². The smallest absolute Gasteiger partial charge is 0.122 e. The van der Waals surface area contributed by atoms with Crippen LogP contribution in [0.2, 0.25) is 0 Å². The lowest BCUT2D eigenvalue weighted by atomic mass is 9.58. The highest BCUT2D eigenvalue weighted by Gasteiger charge is 2.57. The van der Waals surface area contributed by atoms with Crippen LogP contribution >= 0.6 is 27.5 Å². The van der Waals surface area contributed by atoms with Crippen LogP contribution in [-0.4, -0.2) is 10.2 Å². The highest BCUT2D eigenvalue weighted by Crippen LogP contribution is 2.64. The van der Waals surface area contributed by atoms with Crippen molar-refractivity contribution in [1.29, 1.82) is 0 Å². The molecule has 1 spiro atoms. The maximum Gasteiger partial charge on any atom is 0.122 e. The van der Waals surface area contributed by atoms with Gasteiger partial charge in [0.1, 0.15) is 11.5 Å². The van der Waals surface area contributed by atoms with Gasteiger partial charge in [-0.05, 0) is 47.6 Å². The molecule has 0 saturated heterocycles. The van der Waals surface area contributed by atoms with E-state index in [1.165, 1.54) is 27.8 Å². The Morgan fingerprint density at radius 2 is 1.82 bits per heavy atom. The van der Waals surface area contributed by atoms with Gasteiger partial charge in [-0.25, -0.2) is 0 Å². The molecule has 1 aromatic carbocycles. The van der Waals surface area contributed by atoms with Crippen molar-refractivity contribution in [2.75, 3.05) is 0 Å². The number of ether oxygens (including phenoxy) is 1. The van der Waals surface area contributed by atoms with E-state index in [1.54, 1.807) is 0 Å². The maximum atomic E-state index is 6.91. The quantitative estimate of drug-likeness (QED) is 0.397. The summed E-state index contributed by atoms with van der Waals surface area (Å²) in [5.74, 6) is 2.39. The molecule has 5 aliphatic rings. The first-order valence-corrected chi connectivity index (χ1v) is 11.3. The number of fused-ring (bicyclic) bond motifs is 7. The fraction of sp³-hybridized carbons (Fsp3) is 0.280. The normalized spacial score (nSPS) is 34.6. The molecular weight excluding hydrogens is 432 g/mol. The van der Waals surface area contributed by atoms with E-state index in [9.17, 15) is 0 Å². The SMILES string of the molecule is ClC1CC=CC2=C1c1ccccc1C21C2=C(OC3=CC=CCC31)C(Br)CC=C2. The summed E-state index contributed by atoms with van der Waals surface area (Å²) in [4.78, 5) is 0.202. The van der Waals surface area contributed by atoms with E-state index in [2.05, 4.69) is 82.7 Å². The van der Waals surface area contributed by atoms with E-state index in [1.807, 2.05) is 0 Å². The van der Waals surface area contributed by atoms with Crippen LogP contribution in [0.5, 0.6) is 0 Å². The average molecular weight is 452 g/mol. The third-order valence-electron chi connectivity index (χ3n) is 6.76. The zero-order valence-corrected chi connectivity index (χ0v) is 17.7. The second kappa shape index (κ2) is 6.11. The van der Waals surface area contributed by atoms with E-state index in [4.69, 9.17) is 16.3 Å². The van der Waals surface area contributed by atoms with Crippen LogP contribution in [0.3, 0.4) is 0 Å². The lowest BCUT2D eigenvalue weighted by molar-refractivity contribution is 0.178. The Hall–Kier alpha value is -1.77. The van der Waals surface area contributed by atoms with E-state index in [0.717, 1.165) is 30.8 Å². The number of halogens is 2. The topological polar surface area (TPSA) is 9.23 Å². The molecule has 1 aromatic rings. The molecular formula is C25H20BrClO. The second-order valence-electron chi connectivity index (χ2n) is 8.06. The van der Waals surface area contributed by atoms with Gasteiger partial charge in [-0.3, -0.25) is 0 Å². The van der Waals surface area contributed by atoms with Crippen molar-refractivity contribution in [3.63, 3.8) is 0 Å². The summed E-state index contributed by atoms with van der Waals surface area (Å²) in [7, 11) is 0. The number of hydrogen-bond acceptors (Lipinski definition) is 1. The van der Waals surface area contributed by atoms with Gasteiger partial charge in [0.15, 0.2) is 0 Å². The van der Waals surface area contributed by atoms with Gasteiger partial charge in [-0.2, -0.15) is 0 Å². The minimum absolute atomic E-state index is 0.0197. The molecule has 4 unspecified atom stereocenters. The largest absolute Gasteiger partial charge is 0.464 e. The first-order chi connectivity index (χ1) is 13.7. The Morgan fingerprint density at radius 1 is 1.00 bits per heavy atom.